The highest BCUT2D eigenvalue weighted by atomic mass is 16.5. The van der Waals surface area contributed by atoms with Crippen molar-refractivity contribution in [3.8, 4) is 0 Å². The number of nitrogens with zero attached hydrogens (tertiary/aromatic N) is 2. The molecule has 0 radical (unpaired) electrons. The van der Waals surface area contributed by atoms with Gasteiger partial charge in [-0.25, -0.2) is 0 Å². The van der Waals surface area contributed by atoms with Crippen LogP contribution in [0.5, 0.6) is 0 Å². The van der Waals surface area contributed by atoms with Crippen LogP contribution in [0.15, 0.2) is 40.9 Å². The number of aryl methyl sites for hydroxylation is 1. The Labute approximate surface area is 136 Å². The molecule has 2 fully saturated rings. The highest BCUT2D eigenvalue weighted by Crippen LogP contribution is 2.33. The monoisotopic (exact) mass is 314 g/mol. The Morgan fingerprint density at radius 2 is 2.22 bits per heavy atom. The van der Waals surface area contributed by atoms with Gasteiger partial charge in [-0.05, 0) is 31.2 Å². The average Bonchev–Trinajstić information content (AvgIpc) is 3.26. The number of pyridine rings is 1. The first kappa shape index (κ1) is 14.9. The van der Waals surface area contributed by atoms with Crippen LogP contribution in [0.1, 0.15) is 17.2 Å². The standard InChI is InChI=1S/C18H22N2O3/c1-13-5-6-15(23-13)8-20-9-18(16-11-21-12-17(16)20)22-10-14-4-2-3-7-19-14/h2-7,16-18H,8-12H2,1H3/t16-,17+,18-/m1/s1. The fraction of sp³-hybridized carbons (Fsp3) is 0.500. The fourth-order valence-corrected chi connectivity index (χ4v) is 3.60. The molecule has 23 heavy (non-hydrogen) atoms. The van der Waals surface area contributed by atoms with Crippen LogP contribution in [0.4, 0.5) is 0 Å². The van der Waals surface area contributed by atoms with Crippen molar-refractivity contribution in [3.63, 3.8) is 0 Å². The molecule has 2 aromatic rings. The average molecular weight is 314 g/mol. The van der Waals surface area contributed by atoms with E-state index in [-0.39, 0.29) is 6.10 Å². The van der Waals surface area contributed by atoms with Crippen LogP contribution in [-0.4, -0.2) is 41.8 Å². The molecule has 5 nitrogen and oxygen atoms in total. The maximum absolute atomic E-state index is 6.16. The molecule has 0 aromatic carbocycles. The molecule has 0 unspecified atom stereocenters. The van der Waals surface area contributed by atoms with Crippen LogP contribution in [-0.2, 0) is 22.6 Å². The number of rotatable bonds is 5. The number of furan rings is 1. The van der Waals surface area contributed by atoms with Gasteiger partial charge in [0.25, 0.3) is 0 Å². The number of fused-ring (bicyclic) bond motifs is 1. The van der Waals surface area contributed by atoms with Gasteiger partial charge < -0.3 is 13.9 Å². The van der Waals surface area contributed by atoms with Gasteiger partial charge in [0.2, 0.25) is 0 Å². The third kappa shape index (κ3) is 3.17. The van der Waals surface area contributed by atoms with Gasteiger partial charge in [-0.1, -0.05) is 6.07 Å². The summed E-state index contributed by atoms with van der Waals surface area (Å²) in [6, 6.07) is 10.4. The van der Waals surface area contributed by atoms with Crippen molar-refractivity contribution in [3.05, 3.63) is 53.7 Å². The number of aromatic nitrogens is 1. The highest BCUT2D eigenvalue weighted by Gasteiger charge is 2.46. The summed E-state index contributed by atoms with van der Waals surface area (Å²) in [7, 11) is 0. The predicted molar refractivity (Wildman–Crippen MR) is 84.8 cm³/mol. The van der Waals surface area contributed by atoms with Crippen LogP contribution < -0.4 is 0 Å². The molecule has 2 aliphatic heterocycles. The van der Waals surface area contributed by atoms with Crippen molar-refractivity contribution in [2.75, 3.05) is 19.8 Å². The Kier molecular flexibility index (Phi) is 4.16. The van der Waals surface area contributed by atoms with E-state index < -0.39 is 0 Å². The van der Waals surface area contributed by atoms with E-state index in [1.165, 1.54) is 0 Å². The largest absolute Gasteiger partial charge is 0.465 e. The lowest BCUT2D eigenvalue weighted by molar-refractivity contribution is 0.00706. The van der Waals surface area contributed by atoms with Gasteiger partial charge in [-0.2, -0.15) is 0 Å². The lowest BCUT2D eigenvalue weighted by Gasteiger charge is -2.20. The van der Waals surface area contributed by atoms with Crippen LogP contribution in [0, 0.1) is 12.8 Å². The molecule has 0 amide bonds. The van der Waals surface area contributed by atoms with E-state index in [1.807, 2.05) is 31.2 Å². The maximum Gasteiger partial charge on any atom is 0.118 e. The Balaban J connectivity index is 1.40. The zero-order valence-electron chi connectivity index (χ0n) is 13.4. The molecule has 3 atom stereocenters. The molecule has 0 saturated carbocycles. The van der Waals surface area contributed by atoms with Crippen LogP contribution in [0.3, 0.4) is 0 Å². The molecule has 0 N–H and O–H groups in total. The van der Waals surface area contributed by atoms with E-state index in [1.54, 1.807) is 6.20 Å². The van der Waals surface area contributed by atoms with E-state index in [0.29, 0.717) is 18.6 Å². The minimum Gasteiger partial charge on any atom is -0.465 e. The molecule has 2 aromatic heterocycles. The van der Waals surface area contributed by atoms with Gasteiger partial charge >= 0.3 is 0 Å². The number of hydrogen-bond acceptors (Lipinski definition) is 5. The summed E-state index contributed by atoms with van der Waals surface area (Å²) in [4.78, 5) is 6.76. The minimum atomic E-state index is 0.195. The van der Waals surface area contributed by atoms with Gasteiger partial charge in [0.1, 0.15) is 11.5 Å². The Hall–Kier alpha value is -1.69. The molecule has 2 aliphatic rings. The summed E-state index contributed by atoms with van der Waals surface area (Å²) in [5, 5.41) is 0. The second-order valence-corrected chi connectivity index (χ2v) is 6.38. The smallest absolute Gasteiger partial charge is 0.118 e. The maximum atomic E-state index is 6.16. The number of ether oxygens (including phenoxy) is 2. The summed E-state index contributed by atoms with van der Waals surface area (Å²) in [5.74, 6) is 2.41. The first-order valence-corrected chi connectivity index (χ1v) is 8.18. The van der Waals surface area contributed by atoms with E-state index in [2.05, 4.69) is 16.0 Å². The second-order valence-electron chi connectivity index (χ2n) is 6.38. The zero-order chi connectivity index (χ0) is 15.6. The van der Waals surface area contributed by atoms with Gasteiger partial charge in [-0.3, -0.25) is 9.88 Å². The molecular formula is C18H22N2O3. The van der Waals surface area contributed by atoms with Crippen molar-refractivity contribution >= 4 is 0 Å². The summed E-state index contributed by atoms with van der Waals surface area (Å²) in [5.41, 5.74) is 0.975. The van der Waals surface area contributed by atoms with Gasteiger partial charge in [-0.15, -0.1) is 0 Å². The lowest BCUT2D eigenvalue weighted by Crippen LogP contribution is -2.32. The van der Waals surface area contributed by atoms with E-state index in [4.69, 9.17) is 13.9 Å². The summed E-state index contributed by atoms with van der Waals surface area (Å²) < 4.78 is 17.6. The lowest BCUT2D eigenvalue weighted by atomic mass is 10.0. The Morgan fingerprint density at radius 1 is 1.26 bits per heavy atom. The molecule has 5 heteroatoms. The second kappa shape index (κ2) is 6.43. The van der Waals surface area contributed by atoms with E-state index in [0.717, 1.165) is 43.5 Å². The molecule has 0 spiro atoms. The van der Waals surface area contributed by atoms with Crippen molar-refractivity contribution in [2.45, 2.75) is 32.2 Å². The van der Waals surface area contributed by atoms with Crippen molar-refractivity contribution < 1.29 is 13.9 Å². The first-order chi connectivity index (χ1) is 11.3. The number of likely N-dealkylation sites (tertiary alicyclic amines) is 1. The molecule has 4 rings (SSSR count). The van der Waals surface area contributed by atoms with Crippen molar-refractivity contribution in [1.82, 2.24) is 9.88 Å². The third-order valence-corrected chi connectivity index (χ3v) is 4.78. The number of hydrogen-bond donors (Lipinski definition) is 0. The summed E-state index contributed by atoms with van der Waals surface area (Å²) in [6.07, 6.45) is 2.00. The third-order valence-electron chi connectivity index (χ3n) is 4.78. The normalized spacial score (nSPS) is 27.4. The van der Waals surface area contributed by atoms with Crippen molar-refractivity contribution in [2.24, 2.45) is 5.92 Å². The van der Waals surface area contributed by atoms with Gasteiger partial charge in [0, 0.05) is 24.7 Å². The topological polar surface area (TPSA) is 47.7 Å². The fourth-order valence-electron chi connectivity index (χ4n) is 3.60. The van der Waals surface area contributed by atoms with Gasteiger partial charge in [0.05, 0.1) is 38.2 Å². The van der Waals surface area contributed by atoms with E-state index >= 15 is 0 Å². The van der Waals surface area contributed by atoms with Crippen LogP contribution >= 0.6 is 0 Å². The molecule has 0 bridgehead atoms. The zero-order valence-corrected chi connectivity index (χ0v) is 13.4. The summed E-state index contributed by atoms with van der Waals surface area (Å²) >= 11 is 0. The minimum absolute atomic E-state index is 0.195. The van der Waals surface area contributed by atoms with Crippen molar-refractivity contribution in [1.29, 1.82) is 0 Å². The van der Waals surface area contributed by atoms with Crippen LogP contribution in [0.2, 0.25) is 0 Å². The van der Waals surface area contributed by atoms with E-state index in [9.17, 15) is 0 Å². The van der Waals surface area contributed by atoms with Gasteiger partial charge in [0.15, 0.2) is 0 Å². The Morgan fingerprint density at radius 3 is 3.00 bits per heavy atom. The molecule has 0 aliphatic carbocycles. The Bertz CT molecular complexity index is 643. The highest BCUT2D eigenvalue weighted by molar-refractivity contribution is 5.08. The van der Waals surface area contributed by atoms with Crippen LogP contribution in [0.25, 0.3) is 0 Å². The first-order valence-electron chi connectivity index (χ1n) is 8.18. The molecule has 2 saturated heterocycles. The summed E-state index contributed by atoms with van der Waals surface area (Å²) in [6.45, 7) is 5.85. The SMILES string of the molecule is Cc1ccc(CN2C[C@@H](OCc3ccccn3)[C@@H]3COC[C@@H]32)o1. The molecule has 4 heterocycles. The molecular weight excluding hydrogens is 292 g/mol. The molecule has 122 valence electrons. The quantitative estimate of drug-likeness (QED) is 0.848. The predicted octanol–water partition coefficient (Wildman–Crippen LogP) is 2.40.